The Morgan fingerprint density at radius 2 is 1.75 bits per heavy atom. The number of aliphatic hydroxyl groups excluding tert-OH is 4. The van der Waals surface area contributed by atoms with Crippen LogP contribution in [-0.4, -0.2) is 57.0 Å². The van der Waals surface area contributed by atoms with Gasteiger partial charge in [-0.3, -0.25) is 0 Å². The minimum Gasteiger partial charge on any atom is -0.394 e. The molecule has 72 valence electrons. The Morgan fingerprint density at radius 1 is 1.17 bits per heavy atom. The molecule has 1 rings (SSSR count). The molecule has 2 unspecified atom stereocenters. The fourth-order valence-electron chi connectivity index (χ4n) is 1.06. The Kier molecular flexibility index (Phi) is 3.28. The first-order valence-corrected chi connectivity index (χ1v) is 3.96. The molecule has 5 atom stereocenters. The molecule has 4 N–H and O–H groups in total. The largest absolute Gasteiger partial charge is 0.394 e. The van der Waals surface area contributed by atoms with Crippen molar-refractivity contribution >= 4 is 11.6 Å². The molecule has 1 aliphatic heterocycles. The summed E-state index contributed by atoms with van der Waals surface area (Å²) in [5.74, 6) is 0. The first-order valence-electron chi connectivity index (χ1n) is 3.52. The molecule has 1 heterocycles. The van der Waals surface area contributed by atoms with E-state index in [-0.39, 0.29) is 0 Å². The standard InChI is InChI=1S/C6H11ClO5/c7-3-5(10)4(9)2(1-8)12-6(3)11/h2-6,8-11H,1H2/t2?,3-,4-,5+,6?/m0/s1. The molecule has 1 aliphatic rings. The van der Waals surface area contributed by atoms with Crippen molar-refractivity contribution in [3.05, 3.63) is 0 Å². The molecule has 0 aromatic rings. The lowest BCUT2D eigenvalue weighted by Crippen LogP contribution is -2.56. The van der Waals surface area contributed by atoms with Gasteiger partial charge in [-0.25, -0.2) is 0 Å². The lowest BCUT2D eigenvalue weighted by atomic mass is 10.0. The summed E-state index contributed by atoms with van der Waals surface area (Å²) < 4.78 is 4.69. The fourth-order valence-corrected chi connectivity index (χ4v) is 1.27. The van der Waals surface area contributed by atoms with Crippen LogP contribution < -0.4 is 0 Å². The number of halogens is 1. The van der Waals surface area contributed by atoms with Crippen molar-refractivity contribution in [2.45, 2.75) is 30.0 Å². The average molecular weight is 199 g/mol. The van der Waals surface area contributed by atoms with Gasteiger partial charge in [-0.05, 0) is 0 Å². The van der Waals surface area contributed by atoms with Gasteiger partial charge in [-0.2, -0.15) is 0 Å². The summed E-state index contributed by atoms with van der Waals surface area (Å²) in [6.45, 7) is -0.473. The smallest absolute Gasteiger partial charge is 0.174 e. The summed E-state index contributed by atoms with van der Waals surface area (Å²) in [5, 5.41) is 35.0. The van der Waals surface area contributed by atoms with Crippen molar-refractivity contribution < 1.29 is 25.2 Å². The molecular weight excluding hydrogens is 188 g/mol. The summed E-state index contributed by atoms with van der Waals surface area (Å²) in [5.41, 5.74) is 0. The monoisotopic (exact) mass is 198 g/mol. The van der Waals surface area contributed by atoms with Crippen LogP contribution in [-0.2, 0) is 4.74 Å². The van der Waals surface area contributed by atoms with Crippen LogP contribution in [0.2, 0.25) is 0 Å². The van der Waals surface area contributed by atoms with Crippen molar-refractivity contribution in [2.75, 3.05) is 6.61 Å². The highest BCUT2D eigenvalue weighted by atomic mass is 35.5. The van der Waals surface area contributed by atoms with Gasteiger partial charge in [0.15, 0.2) is 6.29 Å². The third-order valence-corrected chi connectivity index (χ3v) is 2.30. The maximum Gasteiger partial charge on any atom is 0.174 e. The second kappa shape index (κ2) is 3.87. The molecule has 0 radical (unpaired) electrons. The molecule has 0 spiro atoms. The van der Waals surface area contributed by atoms with Gasteiger partial charge in [0.25, 0.3) is 0 Å². The van der Waals surface area contributed by atoms with Crippen LogP contribution in [0.3, 0.4) is 0 Å². The second-order valence-corrected chi connectivity index (χ2v) is 3.18. The van der Waals surface area contributed by atoms with Gasteiger partial charge in [-0.15, -0.1) is 11.6 Å². The fraction of sp³-hybridized carbons (Fsp3) is 1.00. The zero-order valence-corrected chi connectivity index (χ0v) is 6.92. The topological polar surface area (TPSA) is 90.2 Å². The molecule has 5 nitrogen and oxygen atoms in total. The molecule has 0 aromatic heterocycles. The molecule has 0 bridgehead atoms. The quantitative estimate of drug-likeness (QED) is 0.367. The molecule has 0 aliphatic carbocycles. The minimum absolute atomic E-state index is 0.473. The summed E-state index contributed by atoms with van der Waals surface area (Å²) in [4.78, 5) is 0. The van der Waals surface area contributed by atoms with E-state index in [4.69, 9.17) is 26.6 Å². The van der Waals surface area contributed by atoms with Crippen molar-refractivity contribution in [1.82, 2.24) is 0 Å². The van der Waals surface area contributed by atoms with Crippen LogP contribution in [0.15, 0.2) is 0 Å². The molecule has 1 fully saturated rings. The third-order valence-electron chi connectivity index (χ3n) is 1.82. The average Bonchev–Trinajstić information content (AvgIpc) is 2.08. The number of aliphatic hydroxyl groups is 4. The molecule has 12 heavy (non-hydrogen) atoms. The van der Waals surface area contributed by atoms with E-state index in [9.17, 15) is 10.2 Å². The van der Waals surface area contributed by atoms with E-state index >= 15 is 0 Å². The van der Waals surface area contributed by atoms with Crippen molar-refractivity contribution in [3.8, 4) is 0 Å². The number of alkyl halides is 1. The lowest BCUT2D eigenvalue weighted by molar-refractivity contribution is -0.236. The predicted octanol–water partition coefficient (Wildman–Crippen LogP) is -1.97. The number of hydrogen-bond acceptors (Lipinski definition) is 5. The van der Waals surface area contributed by atoms with Crippen LogP contribution in [0.5, 0.6) is 0 Å². The maximum atomic E-state index is 9.20. The third kappa shape index (κ3) is 1.71. The van der Waals surface area contributed by atoms with Crippen LogP contribution in [0.1, 0.15) is 0 Å². The lowest BCUT2D eigenvalue weighted by Gasteiger charge is -2.37. The van der Waals surface area contributed by atoms with E-state index in [1.54, 1.807) is 0 Å². The van der Waals surface area contributed by atoms with Gasteiger partial charge in [0, 0.05) is 0 Å². The molecule has 1 saturated heterocycles. The number of ether oxygens (including phenoxy) is 1. The molecular formula is C6H11ClO5. The normalized spacial score (nSPS) is 49.2. The first kappa shape index (κ1) is 10.2. The van der Waals surface area contributed by atoms with Crippen LogP contribution in [0, 0.1) is 0 Å². The van der Waals surface area contributed by atoms with Gasteiger partial charge >= 0.3 is 0 Å². The SMILES string of the molecule is OCC1OC(O)[C@@H](Cl)[C@@H](O)[C@H]1O. The van der Waals surface area contributed by atoms with Crippen molar-refractivity contribution in [2.24, 2.45) is 0 Å². The minimum atomic E-state index is -1.36. The summed E-state index contributed by atoms with van der Waals surface area (Å²) in [6, 6.07) is 0. The zero-order valence-electron chi connectivity index (χ0n) is 6.17. The van der Waals surface area contributed by atoms with Crippen LogP contribution in [0.4, 0.5) is 0 Å². The maximum absolute atomic E-state index is 9.20. The predicted molar refractivity (Wildman–Crippen MR) is 39.6 cm³/mol. The Balaban J connectivity index is 2.63. The molecule has 6 heteroatoms. The zero-order chi connectivity index (χ0) is 9.30. The first-order chi connectivity index (χ1) is 5.57. The van der Waals surface area contributed by atoms with E-state index < -0.39 is 36.6 Å². The Labute approximate surface area is 74.2 Å². The van der Waals surface area contributed by atoms with Gasteiger partial charge in [0.2, 0.25) is 0 Å². The van der Waals surface area contributed by atoms with Crippen LogP contribution >= 0.6 is 11.6 Å². The van der Waals surface area contributed by atoms with E-state index in [1.807, 2.05) is 0 Å². The van der Waals surface area contributed by atoms with Crippen molar-refractivity contribution in [1.29, 1.82) is 0 Å². The summed E-state index contributed by atoms with van der Waals surface area (Å²) >= 11 is 5.47. The van der Waals surface area contributed by atoms with Crippen LogP contribution in [0.25, 0.3) is 0 Å². The van der Waals surface area contributed by atoms with Crippen molar-refractivity contribution in [3.63, 3.8) is 0 Å². The summed E-state index contributed by atoms with van der Waals surface area (Å²) in [6.07, 6.45) is -4.89. The van der Waals surface area contributed by atoms with E-state index in [0.717, 1.165) is 0 Å². The van der Waals surface area contributed by atoms with Gasteiger partial charge in [0.1, 0.15) is 23.7 Å². The Morgan fingerprint density at radius 3 is 2.25 bits per heavy atom. The van der Waals surface area contributed by atoms with E-state index in [1.165, 1.54) is 0 Å². The Hall–Kier alpha value is 0.0900. The van der Waals surface area contributed by atoms with Gasteiger partial charge in [0.05, 0.1) is 6.61 Å². The second-order valence-electron chi connectivity index (χ2n) is 2.67. The summed E-state index contributed by atoms with van der Waals surface area (Å²) in [7, 11) is 0. The Bertz CT molecular complexity index is 150. The van der Waals surface area contributed by atoms with Gasteiger partial charge in [-0.1, -0.05) is 0 Å². The van der Waals surface area contributed by atoms with E-state index in [0.29, 0.717) is 0 Å². The number of rotatable bonds is 1. The highest BCUT2D eigenvalue weighted by molar-refractivity contribution is 6.21. The van der Waals surface area contributed by atoms with Gasteiger partial charge < -0.3 is 25.2 Å². The number of hydrogen-bond donors (Lipinski definition) is 4. The molecule has 0 aromatic carbocycles. The molecule has 0 saturated carbocycles. The molecule has 0 amide bonds. The highest BCUT2D eigenvalue weighted by Gasteiger charge is 2.42. The highest BCUT2D eigenvalue weighted by Crippen LogP contribution is 2.23. The van der Waals surface area contributed by atoms with E-state index in [2.05, 4.69) is 0 Å².